The van der Waals surface area contributed by atoms with E-state index in [-0.39, 0.29) is 19.1 Å². The lowest BCUT2D eigenvalue weighted by Gasteiger charge is -2.20. The lowest BCUT2D eigenvalue weighted by atomic mass is 9.98. The third kappa shape index (κ3) is 3.33. The number of ether oxygens (including phenoxy) is 1. The maximum absolute atomic E-state index is 12.2. The van der Waals surface area contributed by atoms with Gasteiger partial charge in [-0.1, -0.05) is 54.5 Å². The number of terminal acetylenes is 1. The number of carboxylic acid groups (broad SMARTS) is 1. The number of carboxylic acids is 1. The number of rotatable bonds is 5. The van der Waals surface area contributed by atoms with Gasteiger partial charge in [-0.2, -0.15) is 0 Å². The average molecular weight is 335 g/mol. The molecule has 126 valence electrons. The molecule has 2 aromatic carbocycles. The summed E-state index contributed by atoms with van der Waals surface area (Å²) in [7, 11) is 0. The van der Waals surface area contributed by atoms with Crippen molar-refractivity contribution in [2.45, 2.75) is 5.92 Å². The molecule has 0 atom stereocenters. The molecule has 5 nitrogen and oxygen atoms in total. The predicted octanol–water partition coefficient (Wildman–Crippen LogP) is 2.96. The summed E-state index contributed by atoms with van der Waals surface area (Å²) in [6.45, 7) is -0.461. The van der Waals surface area contributed by atoms with Crippen LogP contribution in [0.3, 0.4) is 0 Å². The fourth-order valence-corrected chi connectivity index (χ4v) is 3.14. The third-order valence-electron chi connectivity index (χ3n) is 4.20. The van der Waals surface area contributed by atoms with Crippen LogP contribution in [0.2, 0.25) is 0 Å². The Morgan fingerprint density at radius 2 is 1.64 bits per heavy atom. The molecule has 1 aliphatic rings. The van der Waals surface area contributed by atoms with Crippen molar-refractivity contribution in [3.63, 3.8) is 0 Å². The van der Waals surface area contributed by atoms with E-state index in [4.69, 9.17) is 16.3 Å². The molecule has 0 unspecified atom stereocenters. The van der Waals surface area contributed by atoms with Gasteiger partial charge in [0, 0.05) is 5.92 Å². The van der Waals surface area contributed by atoms with Crippen molar-refractivity contribution in [1.82, 2.24) is 4.90 Å². The highest BCUT2D eigenvalue weighted by molar-refractivity contribution is 5.79. The molecule has 0 saturated heterocycles. The first kappa shape index (κ1) is 16.6. The fourth-order valence-electron chi connectivity index (χ4n) is 3.14. The zero-order chi connectivity index (χ0) is 17.8. The van der Waals surface area contributed by atoms with Gasteiger partial charge in [0.05, 0.1) is 6.54 Å². The van der Waals surface area contributed by atoms with E-state index in [1.807, 2.05) is 48.5 Å². The van der Waals surface area contributed by atoms with Crippen molar-refractivity contribution in [2.24, 2.45) is 0 Å². The normalized spacial score (nSPS) is 12.0. The highest BCUT2D eigenvalue weighted by atomic mass is 16.6. The molecule has 0 radical (unpaired) electrons. The van der Waals surface area contributed by atoms with E-state index in [9.17, 15) is 9.59 Å². The molecule has 0 bridgehead atoms. The van der Waals surface area contributed by atoms with E-state index in [2.05, 4.69) is 5.92 Å². The predicted molar refractivity (Wildman–Crippen MR) is 93.1 cm³/mol. The maximum atomic E-state index is 12.2. The number of hydrogen-bond donors (Lipinski definition) is 1. The van der Waals surface area contributed by atoms with Crippen LogP contribution in [0, 0.1) is 12.3 Å². The molecule has 0 saturated carbocycles. The summed E-state index contributed by atoms with van der Waals surface area (Å²) in [5.41, 5.74) is 4.45. The second kappa shape index (κ2) is 7.10. The van der Waals surface area contributed by atoms with Gasteiger partial charge in [0.15, 0.2) is 0 Å². The van der Waals surface area contributed by atoms with Crippen LogP contribution in [-0.4, -0.2) is 41.8 Å². The first-order chi connectivity index (χ1) is 12.1. The fraction of sp³-hybridized carbons (Fsp3) is 0.200. The topological polar surface area (TPSA) is 66.8 Å². The van der Waals surface area contributed by atoms with Gasteiger partial charge in [0.25, 0.3) is 0 Å². The van der Waals surface area contributed by atoms with Gasteiger partial charge in [-0.05, 0) is 22.3 Å². The van der Waals surface area contributed by atoms with Crippen LogP contribution in [0.1, 0.15) is 17.0 Å². The zero-order valence-electron chi connectivity index (χ0n) is 13.5. The molecular weight excluding hydrogens is 318 g/mol. The molecule has 0 fully saturated rings. The summed E-state index contributed by atoms with van der Waals surface area (Å²) in [6.07, 6.45) is 4.48. The van der Waals surface area contributed by atoms with Gasteiger partial charge >= 0.3 is 12.1 Å². The van der Waals surface area contributed by atoms with Crippen molar-refractivity contribution in [2.75, 3.05) is 19.7 Å². The Balaban J connectivity index is 1.78. The van der Waals surface area contributed by atoms with Gasteiger partial charge in [-0.25, -0.2) is 4.79 Å². The van der Waals surface area contributed by atoms with Gasteiger partial charge in [0.1, 0.15) is 13.2 Å². The number of aliphatic carboxylic acids is 1. The van der Waals surface area contributed by atoms with Gasteiger partial charge in [-0.15, -0.1) is 6.42 Å². The van der Waals surface area contributed by atoms with Crippen LogP contribution < -0.4 is 0 Å². The van der Waals surface area contributed by atoms with Crippen molar-refractivity contribution < 1.29 is 19.4 Å². The number of carbonyl (C=O) groups excluding carboxylic acids is 1. The van der Waals surface area contributed by atoms with Gasteiger partial charge < -0.3 is 9.84 Å². The van der Waals surface area contributed by atoms with Crippen molar-refractivity contribution >= 4 is 12.1 Å². The Labute approximate surface area is 145 Å². The van der Waals surface area contributed by atoms with Crippen LogP contribution in [-0.2, 0) is 9.53 Å². The molecule has 0 aliphatic heterocycles. The molecule has 2 aromatic rings. The van der Waals surface area contributed by atoms with Crippen LogP contribution in [0.15, 0.2) is 48.5 Å². The first-order valence-electron chi connectivity index (χ1n) is 7.87. The van der Waals surface area contributed by atoms with Gasteiger partial charge in [-0.3, -0.25) is 9.69 Å². The molecule has 0 aromatic heterocycles. The standard InChI is InChI=1S/C20H17NO4/c1-2-11-21(12-19(22)23)20(24)25-13-18-16-9-5-3-7-14(16)15-8-4-6-10-17(15)18/h1,3-10,18H,11-13H2,(H,22,23). The monoisotopic (exact) mass is 335 g/mol. The number of fused-ring (bicyclic) bond motifs is 3. The van der Waals surface area contributed by atoms with E-state index in [0.717, 1.165) is 27.2 Å². The largest absolute Gasteiger partial charge is 0.480 e. The highest BCUT2D eigenvalue weighted by Gasteiger charge is 2.29. The van der Waals surface area contributed by atoms with Gasteiger partial charge in [0.2, 0.25) is 0 Å². The number of nitrogens with zero attached hydrogens (tertiary/aromatic N) is 1. The SMILES string of the molecule is C#CCN(CC(=O)O)C(=O)OCC1c2ccccc2-c2ccccc21. The summed E-state index contributed by atoms with van der Waals surface area (Å²) in [5.74, 6) is 1.06. The minimum Gasteiger partial charge on any atom is -0.480 e. The number of hydrogen-bond acceptors (Lipinski definition) is 3. The van der Waals surface area contributed by atoms with E-state index in [1.165, 1.54) is 0 Å². The van der Waals surface area contributed by atoms with Crippen molar-refractivity contribution in [1.29, 1.82) is 0 Å². The zero-order valence-corrected chi connectivity index (χ0v) is 13.5. The number of benzene rings is 2. The second-order valence-corrected chi connectivity index (χ2v) is 5.76. The Kier molecular flexibility index (Phi) is 4.71. The minimum atomic E-state index is -1.14. The maximum Gasteiger partial charge on any atom is 0.411 e. The Morgan fingerprint density at radius 3 is 2.16 bits per heavy atom. The molecule has 3 rings (SSSR count). The molecule has 1 N–H and O–H groups in total. The molecule has 5 heteroatoms. The Morgan fingerprint density at radius 1 is 1.08 bits per heavy atom. The Hall–Kier alpha value is -3.26. The van der Waals surface area contributed by atoms with E-state index in [0.29, 0.717) is 0 Å². The van der Waals surface area contributed by atoms with E-state index in [1.54, 1.807) is 0 Å². The molecule has 25 heavy (non-hydrogen) atoms. The summed E-state index contributed by atoms with van der Waals surface area (Å²) >= 11 is 0. The first-order valence-corrected chi connectivity index (χ1v) is 7.87. The average Bonchev–Trinajstić information content (AvgIpc) is 2.93. The van der Waals surface area contributed by atoms with Crippen LogP contribution in [0.25, 0.3) is 11.1 Å². The quantitative estimate of drug-likeness (QED) is 0.853. The smallest absolute Gasteiger partial charge is 0.411 e. The summed E-state index contributed by atoms with van der Waals surface area (Å²) in [5, 5.41) is 8.88. The molecule has 1 amide bonds. The van der Waals surface area contributed by atoms with E-state index < -0.39 is 18.6 Å². The van der Waals surface area contributed by atoms with Crippen LogP contribution in [0.5, 0.6) is 0 Å². The lowest BCUT2D eigenvalue weighted by molar-refractivity contribution is -0.137. The highest BCUT2D eigenvalue weighted by Crippen LogP contribution is 2.44. The molecule has 1 aliphatic carbocycles. The van der Waals surface area contributed by atoms with E-state index >= 15 is 0 Å². The number of carbonyl (C=O) groups is 2. The Bertz CT molecular complexity index is 807. The number of amides is 1. The molecule has 0 heterocycles. The molecular formula is C20H17NO4. The summed E-state index contributed by atoms with van der Waals surface area (Å²) in [6, 6.07) is 16.0. The minimum absolute atomic E-state index is 0.0751. The van der Waals surface area contributed by atoms with Crippen LogP contribution in [0.4, 0.5) is 4.79 Å². The second-order valence-electron chi connectivity index (χ2n) is 5.76. The summed E-state index contributed by atoms with van der Waals surface area (Å²) in [4.78, 5) is 24.0. The lowest BCUT2D eigenvalue weighted by Crippen LogP contribution is -2.37. The molecule has 0 spiro atoms. The summed E-state index contributed by atoms with van der Waals surface area (Å²) < 4.78 is 5.38. The van der Waals surface area contributed by atoms with Crippen molar-refractivity contribution in [3.05, 3.63) is 59.7 Å². The van der Waals surface area contributed by atoms with Crippen LogP contribution >= 0.6 is 0 Å². The third-order valence-corrected chi connectivity index (χ3v) is 4.20. The van der Waals surface area contributed by atoms with Crippen molar-refractivity contribution in [3.8, 4) is 23.5 Å².